The summed E-state index contributed by atoms with van der Waals surface area (Å²) in [5.41, 5.74) is 1.37. The summed E-state index contributed by atoms with van der Waals surface area (Å²) in [4.78, 5) is 12.0. The van der Waals surface area contributed by atoms with Crippen LogP contribution >= 0.6 is 31.9 Å². The van der Waals surface area contributed by atoms with Crippen molar-refractivity contribution in [2.24, 2.45) is 0 Å². The van der Waals surface area contributed by atoms with Crippen LogP contribution in [-0.2, 0) is 4.79 Å². The topological polar surface area (TPSA) is 26.3 Å². The predicted octanol–water partition coefficient (Wildman–Crippen LogP) is 4.46. The van der Waals surface area contributed by atoms with Crippen LogP contribution in [-0.4, -0.2) is 25.0 Å². The van der Waals surface area contributed by atoms with Gasteiger partial charge in [0.05, 0.1) is 25.1 Å². The number of quaternary nitrogens is 1. The molecule has 3 nitrogen and oxygen atoms in total. The highest BCUT2D eigenvalue weighted by Crippen LogP contribution is 2.40. The minimum absolute atomic E-state index is 0.0594. The van der Waals surface area contributed by atoms with Gasteiger partial charge in [0.25, 0.3) is 0 Å². The van der Waals surface area contributed by atoms with E-state index in [9.17, 15) is 4.79 Å². The van der Waals surface area contributed by atoms with E-state index in [1.807, 2.05) is 25.2 Å². The maximum Gasteiger partial charge on any atom is 0.316 e. The normalized spacial score (nSPS) is 13.9. The molecule has 0 radical (unpaired) electrons. The minimum atomic E-state index is 0.0594. The van der Waals surface area contributed by atoms with E-state index in [0.29, 0.717) is 12.1 Å². The van der Waals surface area contributed by atoms with Crippen LogP contribution in [0.2, 0.25) is 0 Å². The Morgan fingerprint density at radius 2 is 2.11 bits per heavy atom. The van der Waals surface area contributed by atoms with Gasteiger partial charge in [0.2, 0.25) is 0 Å². The van der Waals surface area contributed by atoms with E-state index in [1.54, 1.807) is 6.92 Å². The second-order valence-corrected chi connectivity index (χ2v) is 5.97. The molecule has 0 saturated carbocycles. The number of hydrogen-bond donors (Lipinski definition) is 0. The fraction of sp³-hybridized carbons (Fsp3) is 0.500. The SMILES string of the molecule is CCCCOc1cccc(Br)c1[N+](C)(CBr)C(C)=O. The lowest BCUT2D eigenvalue weighted by molar-refractivity contribution is -0.126. The van der Waals surface area contributed by atoms with Gasteiger partial charge in [-0.25, -0.2) is 9.28 Å². The monoisotopic (exact) mass is 392 g/mol. The lowest BCUT2D eigenvalue weighted by Crippen LogP contribution is -2.48. The molecule has 0 bridgehead atoms. The maximum atomic E-state index is 12.0. The van der Waals surface area contributed by atoms with Gasteiger partial charge < -0.3 is 4.74 Å². The zero-order valence-electron chi connectivity index (χ0n) is 11.6. The van der Waals surface area contributed by atoms with E-state index in [-0.39, 0.29) is 10.4 Å². The average molecular weight is 394 g/mol. The number of unbranched alkanes of at least 4 members (excludes halogenated alkanes) is 1. The third kappa shape index (κ3) is 3.80. The number of ether oxygens (including phenoxy) is 1. The molecule has 0 spiro atoms. The summed E-state index contributed by atoms with van der Waals surface area (Å²) < 4.78 is 6.88. The summed E-state index contributed by atoms with van der Waals surface area (Å²) in [5.74, 6) is 0.823. The first-order valence-electron chi connectivity index (χ1n) is 6.31. The number of benzene rings is 1. The molecule has 0 aliphatic carbocycles. The summed E-state index contributed by atoms with van der Waals surface area (Å²) in [6.07, 6.45) is 2.09. The van der Waals surface area contributed by atoms with Gasteiger partial charge >= 0.3 is 5.91 Å². The van der Waals surface area contributed by atoms with Gasteiger partial charge in [-0.1, -0.05) is 19.4 Å². The Bertz CT molecular complexity index is 451. The molecule has 19 heavy (non-hydrogen) atoms. The predicted molar refractivity (Wildman–Crippen MR) is 86.7 cm³/mol. The molecular formula is C14H20Br2NO2+. The van der Waals surface area contributed by atoms with Gasteiger partial charge in [-0.3, -0.25) is 0 Å². The van der Waals surface area contributed by atoms with Crippen LogP contribution < -0.4 is 9.22 Å². The number of carbonyl (C=O) groups excluding carboxylic acids is 1. The number of halogens is 2. The summed E-state index contributed by atoms with van der Waals surface area (Å²) >= 11 is 6.97. The van der Waals surface area contributed by atoms with Crippen molar-refractivity contribution < 1.29 is 9.53 Å². The average Bonchev–Trinajstić information content (AvgIpc) is 2.38. The summed E-state index contributed by atoms with van der Waals surface area (Å²) in [6, 6.07) is 5.77. The lowest BCUT2D eigenvalue weighted by Gasteiger charge is -2.30. The molecule has 0 saturated heterocycles. The second-order valence-electron chi connectivity index (χ2n) is 4.62. The molecule has 0 fully saturated rings. The third-order valence-corrected chi connectivity index (χ3v) is 4.78. The van der Waals surface area contributed by atoms with Crippen LogP contribution in [0.15, 0.2) is 22.7 Å². The molecule has 1 amide bonds. The van der Waals surface area contributed by atoms with Crippen molar-refractivity contribution >= 4 is 43.5 Å². The molecule has 0 aromatic heterocycles. The van der Waals surface area contributed by atoms with Crippen molar-refractivity contribution in [2.75, 3.05) is 19.1 Å². The Morgan fingerprint density at radius 1 is 1.42 bits per heavy atom. The molecule has 0 aliphatic heterocycles. The Hall–Kier alpha value is -0.390. The highest BCUT2D eigenvalue weighted by Gasteiger charge is 2.35. The van der Waals surface area contributed by atoms with Crippen molar-refractivity contribution in [1.29, 1.82) is 0 Å². The van der Waals surface area contributed by atoms with Gasteiger partial charge in [-0.05, 0) is 50.4 Å². The van der Waals surface area contributed by atoms with Crippen LogP contribution in [0.3, 0.4) is 0 Å². The van der Waals surface area contributed by atoms with E-state index < -0.39 is 0 Å². The molecule has 0 heterocycles. The maximum absolute atomic E-state index is 12.0. The largest absolute Gasteiger partial charge is 0.487 e. The minimum Gasteiger partial charge on any atom is -0.487 e. The molecule has 106 valence electrons. The highest BCUT2D eigenvalue weighted by molar-refractivity contribution is 9.10. The first kappa shape index (κ1) is 16.7. The van der Waals surface area contributed by atoms with Crippen LogP contribution in [0, 0.1) is 0 Å². The van der Waals surface area contributed by atoms with E-state index in [0.717, 1.165) is 28.8 Å². The van der Waals surface area contributed by atoms with E-state index >= 15 is 0 Å². The Balaban J connectivity index is 3.20. The van der Waals surface area contributed by atoms with Crippen LogP contribution in [0.25, 0.3) is 0 Å². The van der Waals surface area contributed by atoms with E-state index in [4.69, 9.17) is 4.74 Å². The molecule has 1 aromatic rings. The van der Waals surface area contributed by atoms with Crippen molar-refractivity contribution in [1.82, 2.24) is 4.48 Å². The number of rotatable bonds is 6. The molecule has 1 rings (SSSR count). The van der Waals surface area contributed by atoms with Crippen molar-refractivity contribution in [3.63, 3.8) is 0 Å². The molecule has 5 heteroatoms. The number of nitrogens with zero attached hydrogens (tertiary/aromatic N) is 1. The summed E-state index contributed by atoms with van der Waals surface area (Å²) in [7, 11) is 1.88. The molecule has 0 aliphatic rings. The number of para-hydroxylation sites is 1. The number of alkyl halides is 1. The molecule has 1 aromatic carbocycles. The first-order valence-corrected chi connectivity index (χ1v) is 8.23. The van der Waals surface area contributed by atoms with Gasteiger partial charge in [0, 0.05) is 0 Å². The standard InChI is InChI=1S/C14H20Br2NO2/c1-4-5-9-19-13-8-6-7-12(16)14(13)17(3,10-15)11(2)18/h6-8H,4-5,9-10H2,1-3H3/q+1. The Kier molecular flexibility index (Phi) is 6.50. The van der Waals surface area contributed by atoms with E-state index in [1.165, 1.54) is 0 Å². The zero-order chi connectivity index (χ0) is 14.5. The van der Waals surface area contributed by atoms with Gasteiger partial charge in [-0.2, -0.15) is 0 Å². The van der Waals surface area contributed by atoms with Crippen LogP contribution in [0.1, 0.15) is 26.7 Å². The second kappa shape index (κ2) is 7.41. The smallest absolute Gasteiger partial charge is 0.316 e. The molecule has 1 atom stereocenters. The lowest BCUT2D eigenvalue weighted by atomic mass is 10.2. The number of amides is 1. The van der Waals surface area contributed by atoms with Gasteiger partial charge in [0.15, 0.2) is 11.4 Å². The van der Waals surface area contributed by atoms with Gasteiger partial charge in [0.1, 0.15) is 5.45 Å². The number of carbonyl (C=O) groups is 1. The third-order valence-electron chi connectivity index (χ3n) is 3.13. The number of hydrogen-bond acceptors (Lipinski definition) is 2. The van der Waals surface area contributed by atoms with Crippen molar-refractivity contribution in [3.8, 4) is 5.75 Å². The van der Waals surface area contributed by atoms with Crippen molar-refractivity contribution in [3.05, 3.63) is 22.7 Å². The highest BCUT2D eigenvalue weighted by atomic mass is 79.9. The quantitative estimate of drug-likeness (QED) is 0.308. The first-order chi connectivity index (χ1) is 8.97. The van der Waals surface area contributed by atoms with Crippen LogP contribution in [0.4, 0.5) is 5.69 Å². The molecule has 1 unspecified atom stereocenters. The summed E-state index contributed by atoms with van der Waals surface area (Å²) in [5, 5.41) is 0. The van der Waals surface area contributed by atoms with E-state index in [2.05, 4.69) is 38.8 Å². The van der Waals surface area contributed by atoms with Crippen molar-refractivity contribution in [2.45, 2.75) is 26.7 Å². The zero-order valence-corrected chi connectivity index (χ0v) is 14.8. The molecular weight excluding hydrogens is 374 g/mol. The fourth-order valence-electron chi connectivity index (χ4n) is 1.72. The Morgan fingerprint density at radius 3 is 2.63 bits per heavy atom. The molecule has 0 N–H and O–H groups in total. The Labute approximate surface area is 131 Å². The van der Waals surface area contributed by atoms with Crippen LogP contribution in [0.5, 0.6) is 5.75 Å². The van der Waals surface area contributed by atoms with Gasteiger partial charge in [-0.15, -0.1) is 0 Å². The fourth-order valence-corrected chi connectivity index (χ4v) is 3.06. The summed E-state index contributed by atoms with van der Waals surface area (Å²) in [6.45, 7) is 4.38.